The van der Waals surface area contributed by atoms with E-state index < -0.39 is 5.91 Å². The number of fused-ring (bicyclic) bond motifs is 1. The highest BCUT2D eigenvalue weighted by Crippen LogP contribution is 2.20. The van der Waals surface area contributed by atoms with Crippen LogP contribution in [0.5, 0.6) is 0 Å². The van der Waals surface area contributed by atoms with Gasteiger partial charge in [0.15, 0.2) is 0 Å². The van der Waals surface area contributed by atoms with E-state index in [9.17, 15) is 9.59 Å². The van der Waals surface area contributed by atoms with Gasteiger partial charge in [-0.15, -0.1) is 0 Å². The minimum Gasteiger partial charge on any atom is -0.343 e. The molecule has 3 heterocycles. The molecule has 0 aliphatic carbocycles. The number of carbonyl (C=O) groups excluding carboxylic acids is 2. The van der Waals surface area contributed by atoms with Crippen molar-refractivity contribution in [1.82, 2.24) is 24.5 Å². The van der Waals surface area contributed by atoms with E-state index in [1.54, 1.807) is 16.9 Å². The number of hydrogen-bond acceptors (Lipinski definition) is 4. The molecule has 152 valence electrons. The van der Waals surface area contributed by atoms with E-state index in [2.05, 4.69) is 20.7 Å². The summed E-state index contributed by atoms with van der Waals surface area (Å²) < 4.78 is 3.60. The molecule has 3 aromatic heterocycles. The van der Waals surface area contributed by atoms with Crippen molar-refractivity contribution in [3.8, 4) is 0 Å². The van der Waals surface area contributed by atoms with Crippen molar-refractivity contribution >= 4 is 46.4 Å². The molecule has 0 aliphatic heterocycles. The van der Waals surface area contributed by atoms with Gasteiger partial charge in [0, 0.05) is 23.6 Å². The standard InChI is InChI=1S/C20H16Cl2N6O2/c21-13-4-5-16(17(22)7-13)20(30)23-9-19(29)26-14-8-24-28(11-14)12-15-10-27-6-2-1-3-18(27)25-15/h1-8,10-11H,9,12H2,(H,23,30)(H,26,29). The topological polar surface area (TPSA) is 93.3 Å². The molecule has 0 radical (unpaired) electrons. The number of nitrogens with zero attached hydrogens (tertiary/aromatic N) is 4. The molecule has 1 aromatic carbocycles. The number of amides is 2. The summed E-state index contributed by atoms with van der Waals surface area (Å²) in [6, 6.07) is 10.3. The van der Waals surface area contributed by atoms with Gasteiger partial charge in [0.1, 0.15) is 5.65 Å². The van der Waals surface area contributed by atoms with Crippen LogP contribution in [0, 0.1) is 0 Å². The molecule has 0 saturated carbocycles. The summed E-state index contributed by atoms with van der Waals surface area (Å²) in [6.45, 7) is 0.249. The molecule has 4 rings (SSSR count). The second kappa shape index (κ2) is 8.56. The first kappa shape index (κ1) is 19.9. The van der Waals surface area contributed by atoms with Gasteiger partial charge in [-0.3, -0.25) is 14.3 Å². The van der Waals surface area contributed by atoms with Crippen LogP contribution in [0.4, 0.5) is 5.69 Å². The molecule has 0 saturated heterocycles. The van der Waals surface area contributed by atoms with Crippen molar-refractivity contribution in [3.05, 3.63) is 82.5 Å². The zero-order valence-electron chi connectivity index (χ0n) is 15.5. The van der Waals surface area contributed by atoms with Gasteiger partial charge in [-0.05, 0) is 30.3 Å². The monoisotopic (exact) mass is 442 g/mol. The van der Waals surface area contributed by atoms with Crippen LogP contribution in [-0.4, -0.2) is 37.5 Å². The quantitative estimate of drug-likeness (QED) is 0.479. The molecule has 30 heavy (non-hydrogen) atoms. The van der Waals surface area contributed by atoms with Crippen LogP contribution in [-0.2, 0) is 11.3 Å². The molecule has 4 aromatic rings. The summed E-state index contributed by atoms with van der Waals surface area (Å²) in [7, 11) is 0. The first-order chi connectivity index (χ1) is 14.5. The average Bonchev–Trinajstić information content (AvgIpc) is 3.32. The Morgan fingerprint density at radius 2 is 1.97 bits per heavy atom. The number of halogens is 2. The average molecular weight is 443 g/mol. The Hall–Kier alpha value is -3.36. The number of benzene rings is 1. The van der Waals surface area contributed by atoms with Gasteiger partial charge in [-0.2, -0.15) is 5.10 Å². The third kappa shape index (κ3) is 4.61. The summed E-state index contributed by atoms with van der Waals surface area (Å²) >= 11 is 11.8. The molecule has 0 bridgehead atoms. The molecule has 10 heteroatoms. The number of imidazole rings is 1. The van der Waals surface area contributed by atoms with E-state index in [0.717, 1.165) is 11.3 Å². The van der Waals surface area contributed by atoms with E-state index in [0.29, 0.717) is 17.3 Å². The Morgan fingerprint density at radius 1 is 1.10 bits per heavy atom. The van der Waals surface area contributed by atoms with E-state index in [4.69, 9.17) is 23.2 Å². The van der Waals surface area contributed by atoms with Crippen LogP contribution in [0.1, 0.15) is 16.1 Å². The maximum Gasteiger partial charge on any atom is 0.253 e. The Balaban J connectivity index is 1.31. The van der Waals surface area contributed by atoms with Gasteiger partial charge in [0.2, 0.25) is 5.91 Å². The highest BCUT2D eigenvalue weighted by atomic mass is 35.5. The fourth-order valence-corrected chi connectivity index (χ4v) is 3.37. The normalized spacial score (nSPS) is 10.9. The molecule has 0 atom stereocenters. The zero-order valence-corrected chi connectivity index (χ0v) is 17.1. The second-order valence-corrected chi connectivity index (χ2v) is 7.32. The fraction of sp³-hybridized carbons (Fsp3) is 0.100. The lowest BCUT2D eigenvalue weighted by atomic mass is 10.2. The van der Waals surface area contributed by atoms with Crippen molar-refractivity contribution in [1.29, 1.82) is 0 Å². The maximum absolute atomic E-state index is 12.2. The van der Waals surface area contributed by atoms with Crippen molar-refractivity contribution in [2.24, 2.45) is 0 Å². The van der Waals surface area contributed by atoms with Crippen LogP contribution in [0.15, 0.2) is 61.2 Å². The molecule has 0 unspecified atom stereocenters. The first-order valence-electron chi connectivity index (χ1n) is 8.96. The van der Waals surface area contributed by atoms with Crippen molar-refractivity contribution in [2.75, 3.05) is 11.9 Å². The molecule has 0 fully saturated rings. The SMILES string of the molecule is O=C(CNC(=O)c1ccc(Cl)cc1Cl)Nc1cnn(Cc2cn3ccccc3n2)c1. The van der Waals surface area contributed by atoms with E-state index in [1.165, 1.54) is 18.3 Å². The summed E-state index contributed by atoms with van der Waals surface area (Å²) in [6.07, 6.45) is 7.07. The molecule has 0 aliphatic rings. The Labute approximate surface area is 181 Å². The number of aromatic nitrogens is 4. The van der Waals surface area contributed by atoms with E-state index in [1.807, 2.05) is 35.0 Å². The minimum absolute atomic E-state index is 0.213. The Morgan fingerprint density at radius 3 is 2.77 bits per heavy atom. The van der Waals surface area contributed by atoms with Crippen LogP contribution in [0.25, 0.3) is 5.65 Å². The lowest BCUT2D eigenvalue weighted by Crippen LogP contribution is -2.32. The fourth-order valence-electron chi connectivity index (χ4n) is 2.88. The summed E-state index contributed by atoms with van der Waals surface area (Å²) in [5.41, 5.74) is 2.45. The smallest absolute Gasteiger partial charge is 0.253 e. The molecular weight excluding hydrogens is 427 g/mol. The third-order valence-corrected chi connectivity index (χ3v) is 4.79. The van der Waals surface area contributed by atoms with Gasteiger partial charge >= 0.3 is 0 Å². The minimum atomic E-state index is -0.464. The number of hydrogen-bond donors (Lipinski definition) is 2. The van der Waals surface area contributed by atoms with Crippen molar-refractivity contribution < 1.29 is 9.59 Å². The number of rotatable bonds is 6. The lowest BCUT2D eigenvalue weighted by Gasteiger charge is -2.07. The number of carbonyl (C=O) groups is 2. The number of pyridine rings is 1. The number of nitrogens with one attached hydrogen (secondary N) is 2. The predicted octanol–water partition coefficient (Wildman–Crippen LogP) is 3.25. The van der Waals surface area contributed by atoms with Crippen LogP contribution >= 0.6 is 23.2 Å². The second-order valence-electron chi connectivity index (χ2n) is 6.48. The Bertz CT molecular complexity index is 1200. The largest absolute Gasteiger partial charge is 0.343 e. The van der Waals surface area contributed by atoms with Gasteiger partial charge in [0.05, 0.1) is 41.3 Å². The lowest BCUT2D eigenvalue weighted by molar-refractivity contribution is -0.115. The van der Waals surface area contributed by atoms with Crippen molar-refractivity contribution in [3.63, 3.8) is 0 Å². The van der Waals surface area contributed by atoms with E-state index >= 15 is 0 Å². The van der Waals surface area contributed by atoms with Gasteiger partial charge in [-0.1, -0.05) is 29.3 Å². The summed E-state index contributed by atoms with van der Waals surface area (Å²) in [5, 5.41) is 10.1. The highest BCUT2D eigenvalue weighted by molar-refractivity contribution is 6.36. The molecule has 8 nitrogen and oxygen atoms in total. The Kier molecular flexibility index (Phi) is 5.69. The summed E-state index contributed by atoms with van der Waals surface area (Å²) in [5.74, 6) is -0.852. The molecular formula is C20H16Cl2N6O2. The first-order valence-corrected chi connectivity index (χ1v) is 9.72. The zero-order chi connectivity index (χ0) is 21.1. The molecule has 2 N–H and O–H groups in total. The molecule has 2 amide bonds. The van der Waals surface area contributed by atoms with Crippen LogP contribution < -0.4 is 10.6 Å². The van der Waals surface area contributed by atoms with Gasteiger partial charge in [0.25, 0.3) is 5.91 Å². The van der Waals surface area contributed by atoms with Crippen molar-refractivity contribution in [2.45, 2.75) is 6.54 Å². The third-order valence-electron chi connectivity index (χ3n) is 4.24. The van der Waals surface area contributed by atoms with Gasteiger partial charge in [-0.25, -0.2) is 4.98 Å². The molecule has 0 spiro atoms. The van der Waals surface area contributed by atoms with Crippen LogP contribution in [0.3, 0.4) is 0 Å². The highest BCUT2D eigenvalue weighted by Gasteiger charge is 2.13. The summed E-state index contributed by atoms with van der Waals surface area (Å²) in [4.78, 5) is 28.8. The maximum atomic E-state index is 12.2. The van der Waals surface area contributed by atoms with Crippen LogP contribution in [0.2, 0.25) is 10.0 Å². The number of anilines is 1. The predicted molar refractivity (Wildman–Crippen MR) is 114 cm³/mol. The van der Waals surface area contributed by atoms with Gasteiger partial charge < -0.3 is 15.0 Å². The van der Waals surface area contributed by atoms with E-state index in [-0.39, 0.29) is 23.0 Å².